The second-order valence-electron chi connectivity index (χ2n) is 3.73. The van der Waals surface area contributed by atoms with Gasteiger partial charge in [0, 0.05) is 15.5 Å². The number of ether oxygens (including phenoxy) is 1. The SMILES string of the molecule is CN[C@H]1OB2OCCOc3ccc(Br)c1c32. The van der Waals surface area contributed by atoms with E-state index >= 15 is 0 Å². The largest absolute Gasteiger partial charge is 0.499 e. The summed E-state index contributed by atoms with van der Waals surface area (Å²) < 4.78 is 18.0. The predicted octanol–water partition coefficient (Wildman–Crippen LogP) is 0.801. The molecule has 0 aromatic heterocycles. The van der Waals surface area contributed by atoms with Gasteiger partial charge in [0.05, 0.1) is 6.61 Å². The average Bonchev–Trinajstić information content (AvgIpc) is 2.55. The van der Waals surface area contributed by atoms with Crippen LogP contribution in [0, 0.1) is 0 Å². The molecule has 1 N–H and O–H groups in total. The van der Waals surface area contributed by atoms with Gasteiger partial charge in [0.25, 0.3) is 0 Å². The Hall–Kier alpha value is -0.555. The number of hydrogen-bond acceptors (Lipinski definition) is 4. The zero-order valence-electron chi connectivity index (χ0n) is 8.83. The van der Waals surface area contributed by atoms with E-state index in [4.69, 9.17) is 14.0 Å². The molecular weight excluding hydrogens is 273 g/mol. The van der Waals surface area contributed by atoms with Crippen molar-refractivity contribution >= 4 is 28.5 Å². The lowest BCUT2D eigenvalue weighted by Gasteiger charge is -2.14. The Labute approximate surface area is 103 Å². The molecule has 4 nitrogen and oxygen atoms in total. The molecule has 1 aromatic carbocycles. The zero-order valence-corrected chi connectivity index (χ0v) is 10.4. The van der Waals surface area contributed by atoms with Gasteiger partial charge in [0.1, 0.15) is 18.6 Å². The monoisotopic (exact) mass is 283 g/mol. The van der Waals surface area contributed by atoms with Gasteiger partial charge < -0.3 is 14.0 Å². The van der Waals surface area contributed by atoms with Crippen LogP contribution in [-0.4, -0.2) is 27.4 Å². The zero-order chi connectivity index (χ0) is 11.1. The molecule has 2 heterocycles. The van der Waals surface area contributed by atoms with Crippen molar-refractivity contribution < 1.29 is 14.0 Å². The van der Waals surface area contributed by atoms with Crippen molar-refractivity contribution in [3.05, 3.63) is 22.2 Å². The summed E-state index contributed by atoms with van der Waals surface area (Å²) in [7, 11) is 1.55. The van der Waals surface area contributed by atoms with Crippen LogP contribution in [-0.2, 0) is 9.31 Å². The van der Waals surface area contributed by atoms with E-state index < -0.39 is 0 Å². The molecular formula is C10H11BBrNO3. The molecule has 0 bridgehead atoms. The third kappa shape index (κ3) is 1.49. The van der Waals surface area contributed by atoms with E-state index in [-0.39, 0.29) is 13.3 Å². The fourth-order valence-corrected chi connectivity index (χ4v) is 2.68. The summed E-state index contributed by atoms with van der Waals surface area (Å²) in [5.41, 5.74) is 2.08. The first-order valence-corrected chi connectivity index (χ1v) is 6.00. The Morgan fingerprint density at radius 3 is 3.12 bits per heavy atom. The quantitative estimate of drug-likeness (QED) is 0.774. The summed E-state index contributed by atoms with van der Waals surface area (Å²) in [5.74, 6) is 0.860. The third-order valence-electron chi connectivity index (χ3n) is 2.82. The molecule has 1 aromatic rings. The Morgan fingerprint density at radius 1 is 1.44 bits per heavy atom. The van der Waals surface area contributed by atoms with Crippen molar-refractivity contribution in [2.75, 3.05) is 20.3 Å². The molecule has 84 valence electrons. The lowest BCUT2D eigenvalue weighted by atomic mass is 9.78. The van der Waals surface area contributed by atoms with Crippen LogP contribution in [0.5, 0.6) is 5.75 Å². The molecule has 6 heteroatoms. The topological polar surface area (TPSA) is 39.7 Å². The van der Waals surface area contributed by atoms with Crippen molar-refractivity contribution in [3.63, 3.8) is 0 Å². The normalized spacial score (nSPS) is 22.6. The summed E-state index contributed by atoms with van der Waals surface area (Å²) in [4.78, 5) is 0. The van der Waals surface area contributed by atoms with Gasteiger partial charge in [-0.05, 0) is 19.2 Å². The van der Waals surface area contributed by atoms with Gasteiger partial charge >= 0.3 is 7.12 Å². The van der Waals surface area contributed by atoms with Gasteiger partial charge in [-0.1, -0.05) is 15.9 Å². The predicted molar refractivity (Wildman–Crippen MR) is 63.9 cm³/mol. The van der Waals surface area contributed by atoms with Gasteiger partial charge in [0.2, 0.25) is 0 Å². The third-order valence-corrected chi connectivity index (χ3v) is 3.52. The summed E-state index contributed by atoms with van der Waals surface area (Å²) in [6.07, 6.45) is -0.143. The smallest absolute Gasteiger partial charge is 0.492 e. The van der Waals surface area contributed by atoms with Crippen LogP contribution in [0.25, 0.3) is 0 Å². The summed E-state index contributed by atoms with van der Waals surface area (Å²) in [6, 6.07) is 3.93. The van der Waals surface area contributed by atoms with Crippen LogP contribution >= 0.6 is 15.9 Å². The number of halogens is 1. The maximum Gasteiger partial charge on any atom is 0.499 e. The highest BCUT2D eigenvalue weighted by molar-refractivity contribution is 9.10. The van der Waals surface area contributed by atoms with E-state index in [0.29, 0.717) is 13.2 Å². The lowest BCUT2D eigenvalue weighted by Crippen LogP contribution is -2.31. The van der Waals surface area contributed by atoms with Gasteiger partial charge in [-0.15, -0.1) is 0 Å². The molecule has 3 rings (SSSR count). The van der Waals surface area contributed by atoms with E-state index in [9.17, 15) is 0 Å². The molecule has 1 atom stereocenters. The fraction of sp³-hybridized carbons (Fsp3) is 0.400. The minimum absolute atomic E-state index is 0.143. The average molecular weight is 284 g/mol. The van der Waals surface area contributed by atoms with Gasteiger partial charge in [-0.25, -0.2) is 0 Å². The molecule has 0 saturated carbocycles. The second-order valence-corrected chi connectivity index (χ2v) is 4.58. The van der Waals surface area contributed by atoms with Crippen molar-refractivity contribution in [1.29, 1.82) is 0 Å². The Kier molecular flexibility index (Phi) is 2.67. The van der Waals surface area contributed by atoms with Crippen LogP contribution in [0.1, 0.15) is 11.8 Å². The maximum atomic E-state index is 5.78. The minimum Gasteiger partial charge on any atom is -0.492 e. The molecule has 0 unspecified atom stereocenters. The number of hydrogen-bond donors (Lipinski definition) is 1. The van der Waals surface area contributed by atoms with Gasteiger partial charge in [-0.2, -0.15) is 0 Å². The number of benzene rings is 1. The molecule has 0 amide bonds. The highest BCUT2D eigenvalue weighted by Gasteiger charge is 2.42. The van der Waals surface area contributed by atoms with Crippen LogP contribution < -0.4 is 15.5 Å². The Bertz CT molecular complexity index is 429. The van der Waals surface area contributed by atoms with Crippen molar-refractivity contribution in [2.45, 2.75) is 6.23 Å². The molecule has 0 saturated heterocycles. The van der Waals surface area contributed by atoms with E-state index in [1.807, 2.05) is 19.2 Å². The fourth-order valence-electron chi connectivity index (χ4n) is 2.13. The van der Waals surface area contributed by atoms with Crippen LogP contribution in [0.2, 0.25) is 0 Å². The molecule has 0 aliphatic carbocycles. The maximum absolute atomic E-state index is 5.78. The molecule has 0 spiro atoms. The van der Waals surface area contributed by atoms with Gasteiger partial charge in [0.15, 0.2) is 0 Å². The van der Waals surface area contributed by atoms with Crippen molar-refractivity contribution in [1.82, 2.24) is 5.32 Å². The highest BCUT2D eigenvalue weighted by atomic mass is 79.9. The molecule has 16 heavy (non-hydrogen) atoms. The molecule has 0 fully saturated rings. The Morgan fingerprint density at radius 2 is 2.31 bits per heavy atom. The first-order valence-electron chi connectivity index (χ1n) is 5.20. The standard InChI is InChI=1S/C10H11BBrNO3/c1-13-10-8-6(12)2-3-7-9(8)11(16-10)15-5-4-14-7/h2-3,10,13H,4-5H2,1H3/t10-/m0/s1. The van der Waals surface area contributed by atoms with Crippen LogP contribution in [0.4, 0.5) is 0 Å². The van der Waals surface area contributed by atoms with E-state index in [1.165, 1.54) is 0 Å². The van der Waals surface area contributed by atoms with E-state index in [1.54, 1.807) is 0 Å². The molecule has 2 aliphatic rings. The first-order chi connectivity index (χ1) is 7.81. The number of rotatable bonds is 1. The Balaban J connectivity index is 2.17. The molecule has 2 aliphatic heterocycles. The van der Waals surface area contributed by atoms with Crippen LogP contribution in [0.15, 0.2) is 16.6 Å². The van der Waals surface area contributed by atoms with Crippen molar-refractivity contribution in [2.24, 2.45) is 0 Å². The molecule has 0 radical (unpaired) electrons. The lowest BCUT2D eigenvalue weighted by molar-refractivity contribution is 0.128. The van der Waals surface area contributed by atoms with Gasteiger partial charge in [-0.3, -0.25) is 5.32 Å². The summed E-state index contributed by atoms with van der Waals surface area (Å²) >= 11 is 3.54. The van der Waals surface area contributed by atoms with E-state index in [0.717, 1.165) is 21.2 Å². The second kappa shape index (κ2) is 4.03. The van der Waals surface area contributed by atoms with E-state index in [2.05, 4.69) is 21.2 Å². The first kappa shape index (κ1) is 10.6. The van der Waals surface area contributed by atoms with Crippen molar-refractivity contribution in [3.8, 4) is 5.75 Å². The summed E-state index contributed by atoms with van der Waals surface area (Å²) in [6.45, 7) is 1.12. The minimum atomic E-state index is -0.317. The summed E-state index contributed by atoms with van der Waals surface area (Å²) in [5, 5.41) is 3.11. The highest BCUT2D eigenvalue weighted by Crippen LogP contribution is 2.33. The number of nitrogens with one attached hydrogen (secondary N) is 1. The van der Waals surface area contributed by atoms with Crippen LogP contribution in [0.3, 0.4) is 0 Å².